The molecule has 0 fully saturated rings. The Hall–Kier alpha value is -2.16. The second kappa shape index (κ2) is 18.2. The first-order chi connectivity index (χ1) is 12.2. The van der Waals surface area contributed by atoms with Crippen molar-refractivity contribution in [2.24, 2.45) is 0 Å². The lowest BCUT2D eigenvalue weighted by molar-refractivity contribution is -0.131. The van der Waals surface area contributed by atoms with E-state index in [1.54, 1.807) is 18.2 Å². The second-order valence-electron chi connectivity index (χ2n) is 5.88. The van der Waals surface area contributed by atoms with Gasteiger partial charge in [-0.25, -0.2) is 4.79 Å². The lowest BCUT2D eigenvalue weighted by atomic mass is 10.1. The molecule has 1 N–H and O–H groups in total. The Balaban J connectivity index is 3.66. The standard InChI is InChI=1S/C22H32O3/c1-2-3-4-5-6-7-8-9-10-11-12-13-15-18-21(23)19-16-14-17-20-22(24)25/h10-18,20H,2-9,19H2,1H3,(H,24,25). The summed E-state index contributed by atoms with van der Waals surface area (Å²) >= 11 is 0. The summed E-state index contributed by atoms with van der Waals surface area (Å²) in [6.07, 6.45) is 27.5. The molecule has 0 radical (unpaired) electrons. The highest BCUT2D eigenvalue weighted by molar-refractivity contribution is 5.91. The van der Waals surface area contributed by atoms with E-state index in [-0.39, 0.29) is 12.2 Å². The van der Waals surface area contributed by atoms with Crippen LogP contribution >= 0.6 is 0 Å². The van der Waals surface area contributed by atoms with Crippen LogP contribution in [0.3, 0.4) is 0 Å². The van der Waals surface area contributed by atoms with Gasteiger partial charge >= 0.3 is 5.97 Å². The quantitative estimate of drug-likeness (QED) is 0.227. The molecule has 0 atom stereocenters. The third kappa shape index (κ3) is 19.8. The zero-order valence-electron chi connectivity index (χ0n) is 15.4. The number of unbranched alkanes of at least 4 members (excludes halogenated alkanes) is 7. The minimum Gasteiger partial charge on any atom is -0.478 e. The Morgan fingerprint density at radius 3 is 2.04 bits per heavy atom. The van der Waals surface area contributed by atoms with Gasteiger partial charge in [0.05, 0.1) is 0 Å². The van der Waals surface area contributed by atoms with Gasteiger partial charge in [0.2, 0.25) is 0 Å². The van der Waals surface area contributed by atoms with E-state index in [1.807, 2.05) is 18.2 Å². The minimum atomic E-state index is -0.999. The molecule has 0 aliphatic heterocycles. The molecule has 0 rings (SSSR count). The van der Waals surface area contributed by atoms with E-state index < -0.39 is 5.97 Å². The largest absolute Gasteiger partial charge is 0.478 e. The van der Waals surface area contributed by atoms with Crippen molar-refractivity contribution in [3.63, 3.8) is 0 Å². The summed E-state index contributed by atoms with van der Waals surface area (Å²) in [4.78, 5) is 21.7. The van der Waals surface area contributed by atoms with E-state index in [9.17, 15) is 9.59 Å². The van der Waals surface area contributed by atoms with Crippen molar-refractivity contribution >= 4 is 11.8 Å². The number of aliphatic carboxylic acids is 1. The first-order valence-electron chi connectivity index (χ1n) is 9.25. The van der Waals surface area contributed by atoms with E-state index in [0.29, 0.717) is 0 Å². The van der Waals surface area contributed by atoms with E-state index >= 15 is 0 Å². The van der Waals surface area contributed by atoms with Crippen LogP contribution in [0.15, 0.2) is 60.8 Å². The Morgan fingerprint density at radius 1 is 0.720 bits per heavy atom. The number of hydrogen-bond donors (Lipinski definition) is 1. The molecule has 0 amide bonds. The number of ketones is 1. The van der Waals surface area contributed by atoms with Gasteiger partial charge in [0.1, 0.15) is 0 Å². The SMILES string of the molecule is CCCCCCCCCC=CC=CC=CC(=O)CC=CC=CC(=O)O. The lowest BCUT2D eigenvalue weighted by Gasteiger charge is -1.98. The first kappa shape index (κ1) is 22.8. The van der Waals surface area contributed by atoms with Crippen LogP contribution in [0.2, 0.25) is 0 Å². The highest BCUT2D eigenvalue weighted by atomic mass is 16.4. The van der Waals surface area contributed by atoms with Gasteiger partial charge in [0, 0.05) is 12.5 Å². The van der Waals surface area contributed by atoms with Crippen LogP contribution in [-0.2, 0) is 9.59 Å². The summed E-state index contributed by atoms with van der Waals surface area (Å²) in [7, 11) is 0. The maximum Gasteiger partial charge on any atom is 0.328 e. The molecule has 3 heteroatoms. The van der Waals surface area contributed by atoms with Gasteiger partial charge in [-0.1, -0.05) is 94.1 Å². The van der Waals surface area contributed by atoms with Gasteiger partial charge in [0.25, 0.3) is 0 Å². The van der Waals surface area contributed by atoms with Crippen molar-refractivity contribution in [2.75, 3.05) is 0 Å². The number of hydrogen-bond acceptors (Lipinski definition) is 2. The van der Waals surface area contributed by atoms with Crippen molar-refractivity contribution in [1.29, 1.82) is 0 Å². The van der Waals surface area contributed by atoms with E-state index in [0.717, 1.165) is 12.5 Å². The number of carboxylic acid groups (broad SMARTS) is 1. The Bertz CT molecular complexity index is 493. The van der Waals surface area contributed by atoms with Crippen molar-refractivity contribution in [2.45, 2.75) is 64.7 Å². The molecule has 0 heterocycles. The summed E-state index contributed by atoms with van der Waals surface area (Å²) in [6, 6.07) is 0. The number of carboxylic acids is 1. The summed E-state index contributed by atoms with van der Waals surface area (Å²) < 4.78 is 0. The molecule has 138 valence electrons. The predicted molar refractivity (Wildman–Crippen MR) is 106 cm³/mol. The third-order valence-electron chi connectivity index (χ3n) is 3.53. The summed E-state index contributed by atoms with van der Waals surface area (Å²) in [5.74, 6) is -1.02. The van der Waals surface area contributed by atoms with Crippen molar-refractivity contribution in [3.05, 3.63) is 60.8 Å². The zero-order chi connectivity index (χ0) is 18.6. The molecule has 0 saturated carbocycles. The van der Waals surface area contributed by atoms with Crippen LogP contribution in [0.1, 0.15) is 64.7 Å². The third-order valence-corrected chi connectivity index (χ3v) is 3.53. The van der Waals surface area contributed by atoms with Crippen LogP contribution in [-0.4, -0.2) is 16.9 Å². The van der Waals surface area contributed by atoms with Crippen LogP contribution in [0.5, 0.6) is 0 Å². The highest BCUT2D eigenvalue weighted by Gasteiger charge is 1.90. The first-order valence-corrected chi connectivity index (χ1v) is 9.25. The van der Waals surface area contributed by atoms with Crippen LogP contribution in [0.25, 0.3) is 0 Å². The maximum atomic E-state index is 11.5. The monoisotopic (exact) mass is 344 g/mol. The van der Waals surface area contributed by atoms with Crippen molar-refractivity contribution < 1.29 is 14.7 Å². The van der Waals surface area contributed by atoms with E-state index in [4.69, 9.17) is 5.11 Å². The Kier molecular flexibility index (Phi) is 16.6. The average Bonchev–Trinajstić information content (AvgIpc) is 2.58. The second-order valence-corrected chi connectivity index (χ2v) is 5.88. The number of allylic oxidation sites excluding steroid dienone is 9. The zero-order valence-corrected chi connectivity index (χ0v) is 15.4. The highest BCUT2D eigenvalue weighted by Crippen LogP contribution is 2.08. The molecular weight excluding hydrogens is 312 g/mol. The Morgan fingerprint density at radius 2 is 1.32 bits per heavy atom. The van der Waals surface area contributed by atoms with Gasteiger partial charge in [0.15, 0.2) is 5.78 Å². The molecule has 0 unspecified atom stereocenters. The molecule has 0 bridgehead atoms. The molecule has 0 aromatic rings. The molecular formula is C22H32O3. The fraction of sp³-hybridized carbons (Fsp3) is 0.455. The van der Waals surface area contributed by atoms with Crippen molar-refractivity contribution in [3.8, 4) is 0 Å². The molecule has 0 spiro atoms. The number of carbonyl (C=O) groups is 2. The van der Waals surface area contributed by atoms with E-state index in [1.165, 1.54) is 57.1 Å². The lowest BCUT2D eigenvalue weighted by Crippen LogP contribution is -1.88. The maximum absolute atomic E-state index is 11.5. The smallest absolute Gasteiger partial charge is 0.328 e. The normalized spacial score (nSPS) is 12.5. The molecule has 0 aliphatic rings. The van der Waals surface area contributed by atoms with Gasteiger partial charge in [-0.15, -0.1) is 0 Å². The predicted octanol–water partition coefficient (Wildman–Crippen LogP) is 5.95. The summed E-state index contributed by atoms with van der Waals surface area (Å²) in [6.45, 7) is 2.24. The van der Waals surface area contributed by atoms with Crippen LogP contribution < -0.4 is 0 Å². The van der Waals surface area contributed by atoms with E-state index in [2.05, 4.69) is 13.0 Å². The summed E-state index contributed by atoms with van der Waals surface area (Å²) in [5, 5.41) is 8.40. The van der Waals surface area contributed by atoms with Gasteiger partial charge < -0.3 is 5.11 Å². The molecule has 0 aromatic carbocycles. The number of carbonyl (C=O) groups excluding carboxylic acids is 1. The molecule has 0 aliphatic carbocycles. The van der Waals surface area contributed by atoms with Crippen molar-refractivity contribution in [1.82, 2.24) is 0 Å². The Labute approximate surface area is 152 Å². The fourth-order valence-electron chi connectivity index (χ4n) is 2.15. The average molecular weight is 344 g/mol. The topological polar surface area (TPSA) is 54.4 Å². The number of rotatable bonds is 15. The van der Waals surface area contributed by atoms with Crippen LogP contribution in [0.4, 0.5) is 0 Å². The molecule has 0 aromatic heterocycles. The molecule has 0 saturated heterocycles. The minimum absolute atomic E-state index is 0.0170. The van der Waals surface area contributed by atoms with Gasteiger partial charge in [-0.3, -0.25) is 4.79 Å². The van der Waals surface area contributed by atoms with Crippen LogP contribution in [0, 0.1) is 0 Å². The fourth-order valence-corrected chi connectivity index (χ4v) is 2.15. The molecule has 25 heavy (non-hydrogen) atoms. The van der Waals surface area contributed by atoms with Gasteiger partial charge in [-0.2, -0.15) is 0 Å². The van der Waals surface area contributed by atoms with Gasteiger partial charge in [-0.05, 0) is 18.9 Å². The summed E-state index contributed by atoms with van der Waals surface area (Å²) in [5.41, 5.74) is 0. The molecule has 3 nitrogen and oxygen atoms in total.